The van der Waals surface area contributed by atoms with Crippen molar-refractivity contribution in [2.24, 2.45) is 0 Å². The van der Waals surface area contributed by atoms with Gasteiger partial charge in [-0.3, -0.25) is 0 Å². The number of hydrogen-bond acceptors (Lipinski definition) is 5. The summed E-state index contributed by atoms with van der Waals surface area (Å²) in [5.74, 6) is 1.51. The highest BCUT2D eigenvalue weighted by atomic mass is 16.7. The van der Waals surface area contributed by atoms with Gasteiger partial charge in [-0.15, -0.1) is 5.10 Å². The van der Waals surface area contributed by atoms with Crippen LogP contribution in [0.5, 0.6) is 11.5 Å². The third kappa shape index (κ3) is 2.53. The van der Waals surface area contributed by atoms with E-state index in [2.05, 4.69) is 29.5 Å². The zero-order valence-corrected chi connectivity index (χ0v) is 11.0. The van der Waals surface area contributed by atoms with Gasteiger partial charge in [0.1, 0.15) is 0 Å². The van der Waals surface area contributed by atoms with Crippen LogP contribution in [0.1, 0.15) is 19.5 Å². The summed E-state index contributed by atoms with van der Waals surface area (Å²) in [4.78, 5) is 0. The Morgan fingerprint density at radius 2 is 2.16 bits per heavy atom. The third-order valence-corrected chi connectivity index (χ3v) is 2.85. The van der Waals surface area contributed by atoms with E-state index < -0.39 is 0 Å². The zero-order valence-electron chi connectivity index (χ0n) is 11.0. The van der Waals surface area contributed by atoms with Crippen LogP contribution in [0.25, 0.3) is 5.69 Å². The molecule has 1 N–H and O–H groups in total. The fourth-order valence-corrected chi connectivity index (χ4v) is 1.84. The van der Waals surface area contributed by atoms with E-state index in [4.69, 9.17) is 9.47 Å². The maximum Gasteiger partial charge on any atom is 0.231 e. The largest absolute Gasteiger partial charge is 0.454 e. The smallest absolute Gasteiger partial charge is 0.231 e. The fourth-order valence-electron chi connectivity index (χ4n) is 1.84. The first-order valence-electron chi connectivity index (χ1n) is 6.27. The Kier molecular flexibility index (Phi) is 3.08. The van der Waals surface area contributed by atoms with E-state index in [1.807, 2.05) is 24.4 Å². The molecule has 6 nitrogen and oxygen atoms in total. The van der Waals surface area contributed by atoms with Crippen LogP contribution in [0.15, 0.2) is 24.4 Å². The molecule has 100 valence electrons. The first-order chi connectivity index (χ1) is 9.22. The van der Waals surface area contributed by atoms with Gasteiger partial charge in [0.25, 0.3) is 0 Å². The van der Waals surface area contributed by atoms with Crippen LogP contribution < -0.4 is 14.8 Å². The lowest BCUT2D eigenvalue weighted by Crippen LogP contribution is -2.21. The fraction of sp³-hybridized carbons (Fsp3) is 0.385. The van der Waals surface area contributed by atoms with E-state index >= 15 is 0 Å². The minimum Gasteiger partial charge on any atom is -0.454 e. The minimum absolute atomic E-state index is 0.277. The van der Waals surface area contributed by atoms with Crippen LogP contribution in [0.4, 0.5) is 0 Å². The zero-order chi connectivity index (χ0) is 13.2. The van der Waals surface area contributed by atoms with E-state index in [-0.39, 0.29) is 6.79 Å². The number of rotatable bonds is 4. The second kappa shape index (κ2) is 4.89. The maximum atomic E-state index is 5.35. The molecule has 0 aliphatic carbocycles. The molecule has 1 aliphatic rings. The molecule has 0 saturated heterocycles. The number of ether oxygens (including phenoxy) is 2. The second-order valence-electron chi connectivity index (χ2n) is 4.73. The summed E-state index contributed by atoms with van der Waals surface area (Å²) in [6.45, 7) is 5.19. The molecule has 0 spiro atoms. The molecule has 19 heavy (non-hydrogen) atoms. The molecule has 0 bridgehead atoms. The second-order valence-corrected chi connectivity index (χ2v) is 4.73. The Morgan fingerprint density at radius 3 is 3.00 bits per heavy atom. The summed E-state index contributed by atoms with van der Waals surface area (Å²) in [7, 11) is 0. The first-order valence-corrected chi connectivity index (χ1v) is 6.27. The number of nitrogens with one attached hydrogen (secondary N) is 1. The number of aromatic nitrogens is 3. The molecule has 0 fully saturated rings. The highest BCUT2D eigenvalue weighted by Crippen LogP contribution is 2.33. The van der Waals surface area contributed by atoms with Crippen molar-refractivity contribution in [1.29, 1.82) is 0 Å². The third-order valence-electron chi connectivity index (χ3n) is 2.85. The van der Waals surface area contributed by atoms with Crippen molar-refractivity contribution in [2.75, 3.05) is 6.79 Å². The summed E-state index contributed by atoms with van der Waals surface area (Å²) in [5.41, 5.74) is 1.82. The highest BCUT2D eigenvalue weighted by Gasteiger charge is 2.14. The molecule has 0 unspecified atom stereocenters. The van der Waals surface area contributed by atoms with Gasteiger partial charge in [0.05, 0.1) is 17.6 Å². The standard InChI is InChI=1S/C13H16N4O2/c1-9(2)14-6-10-7-17(16-15-10)11-3-4-12-13(5-11)19-8-18-12/h3-5,7,9,14H,6,8H2,1-2H3. The molecular weight excluding hydrogens is 244 g/mol. The minimum atomic E-state index is 0.277. The van der Waals surface area contributed by atoms with Crippen molar-refractivity contribution in [3.8, 4) is 17.2 Å². The van der Waals surface area contributed by atoms with Crippen molar-refractivity contribution in [1.82, 2.24) is 20.3 Å². The predicted molar refractivity (Wildman–Crippen MR) is 69.5 cm³/mol. The van der Waals surface area contributed by atoms with Crippen LogP contribution in [0.2, 0.25) is 0 Å². The van der Waals surface area contributed by atoms with Gasteiger partial charge < -0.3 is 14.8 Å². The molecule has 2 heterocycles. The van der Waals surface area contributed by atoms with Crippen molar-refractivity contribution >= 4 is 0 Å². The van der Waals surface area contributed by atoms with Crippen molar-refractivity contribution in [3.05, 3.63) is 30.1 Å². The van der Waals surface area contributed by atoms with Gasteiger partial charge in [0.15, 0.2) is 11.5 Å². The molecule has 1 aromatic heterocycles. The number of hydrogen-bond donors (Lipinski definition) is 1. The lowest BCUT2D eigenvalue weighted by atomic mass is 10.3. The van der Waals surface area contributed by atoms with Crippen molar-refractivity contribution in [3.63, 3.8) is 0 Å². The van der Waals surface area contributed by atoms with Crippen LogP contribution in [0, 0.1) is 0 Å². The SMILES string of the molecule is CC(C)NCc1cn(-c2ccc3c(c2)OCO3)nn1. The topological polar surface area (TPSA) is 61.2 Å². The van der Waals surface area contributed by atoms with E-state index in [0.717, 1.165) is 22.9 Å². The molecule has 6 heteroatoms. The van der Waals surface area contributed by atoms with Gasteiger partial charge in [0.2, 0.25) is 6.79 Å². The Bertz CT molecular complexity index is 580. The summed E-state index contributed by atoms with van der Waals surface area (Å²) in [5, 5.41) is 11.6. The molecule has 3 rings (SSSR count). The molecule has 1 aliphatic heterocycles. The van der Waals surface area contributed by atoms with E-state index in [1.54, 1.807) is 4.68 Å². The molecule has 2 aromatic rings. The van der Waals surface area contributed by atoms with Crippen molar-refractivity contribution in [2.45, 2.75) is 26.4 Å². The van der Waals surface area contributed by atoms with Gasteiger partial charge in [-0.05, 0) is 12.1 Å². The van der Waals surface area contributed by atoms with Gasteiger partial charge in [0, 0.05) is 18.7 Å². The highest BCUT2D eigenvalue weighted by molar-refractivity contribution is 5.49. The van der Waals surface area contributed by atoms with Gasteiger partial charge in [-0.1, -0.05) is 19.1 Å². The van der Waals surface area contributed by atoms with Crippen LogP contribution >= 0.6 is 0 Å². The van der Waals surface area contributed by atoms with Gasteiger partial charge in [-0.2, -0.15) is 0 Å². The Morgan fingerprint density at radius 1 is 1.32 bits per heavy atom. The Hall–Kier alpha value is -2.08. The summed E-state index contributed by atoms with van der Waals surface area (Å²) < 4.78 is 12.4. The normalized spacial score (nSPS) is 13.2. The Balaban J connectivity index is 1.79. The quantitative estimate of drug-likeness (QED) is 0.902. The summed E-state index contributed by atoms with van der Waals surface area (Å²) >= 11 is 0. The number of fused-ring (bicyclic) bond motifs is 1. The molecular formula is C13H16N4O2. The van der Waals surface area contributed by atoms with Crippen molar-refractivity contribution < 1.29 is 9.47 Å². The first kappa shape index (κ1) is 12.0. The number of nitrogens with zero attached hydrogens (tertiary/aromatic N) is 3. The Labute approximate surface area is 111 Å². The van der Waals surface area contributed by atoms with Crippen LogP contribution in [-0.4, -0.2) is 27.8 Å². The summed E-state index contributed by atoms with van der Waals surface area (Å²) in [6.07, 6.45) is 1.91. The van der Waals surface area contributed by atoms with Gasteiger partial charge >= 0.3 is 0 Å². The molecule has 0 radical (unpaired) electrons. The molecule has 0 atom stereocenters. The van der Waals surface area contributed by atoms with E-state index in [1.165, 1.54) is 0 Å². The average molecular weight is 260 g/mol. The van der Waals surface area contributed by atoms with E-state index in [9.17, 15) is 0 Å². The van der Waals surface area contributed by atoms with E-state index in [0.29, 0.717) is 12.6 Å². The molecule has 1 aromatic carbocycles. The van der Waals surface area contributed by atoms with Crippen LogP contribution in [-0.2, 0) is 6.54 Å². The molecule has 0 saturated carbocycles. The lowest BCUT2D eigenvalue weighted by molar-refractivity contribution is 0.174. The average Bonchev–Trinajstić information content (AvgIpc) is 3.04. The predicted octanol–water partition coefficient (Wildman–Crippen LogP) is 1.49. The molecule has 0 amide bonds. The summed E-state index contributed by atoms with van der Waals surface area (Å²) in [6, 6.07) is 6.14. The van der Waals surface area contributed by atoms with Gasteiger partial charge in [-0.25, -0.2) is 4.68 Å². The lowest BCUT2D eigenvalue weighted by Gasteiger charge is -2.04. The van der Waals surface area contributed by atoms with Crippen LogP contribution in [0.3, 0.4) is 0 Å². The number of benzene rings is 1. The monoisotopic (exact) mass is 260 g/mol. The maximum absolute atomic E-state index is 5.35.